The maximum absolute atomic E-state index is 5.52. The number of aromatic nitrogens is 3. The fourth-order valence-electron chi connectivity index (χ4n) is 3.76. The molecule has 5 rings (SSSR count). The number of fused-ring (bicyclic) bond motifs is 1. The number of aryl methyl sites for hydroxylation is 1. The van der Waals surface area contributed by atoms with Gasteiger partial charge in [0, 0.05) is 47.4 Å². The highest BCUT2D eigenvalue weighted by atomic mass is 16.5. The van der Waals surface area contributed by atoms with Crippen LogP contribution >= 0.6 is 0 Å². The molecule has 0 bridgehead atoms. The van der Waals surface area contributed by atoms with Gasteiger partial charge in [0.1, 0.15) is 11.5 Å². The van der Waals surface area contributed by atoms with Gasteiger partial charge in [0.05, 0.1) is 55.9 Å². The molecular formula is C25H23N5O3. The average Bonchev–Trinajstić information content (AvgIpc) is 3.53. The number of hydrogen-bond donors (Lipinski definition) is 0. The molecule has 0 amide bonds. The van der Waals surface area contributed by atoms with Crippen molar-refractivity contribution >= 4 is 34.2 Å². The molecule has 2 aromatic carbocycles. The lowest BCUT2D eigenvalue weighted by molar-refractivity contribution is 0.380. The lowest BCUT2D eigenvalue weighted by Gasteiger charge is -2.25. The molecule has 0 fully saturated rings. The van der Waals surface area contributed by atoms with Crippen molar-refractivity contribution in [1.82, 2.24) is 15.1 Å². The minimum Gasteiger partial charge on any atom is -0.497 e. The largest absolute Gasteiger partial charge is 0.497 e. The summed E-state index contributed by atoms with van der Waals surface area (Å²) in [5, 5.41) is 4.04. The number of aliphatic imine (C=N–C) groups is 1. The van der Waals surface area contributed by atoms with Gasteiger partial charge in [0.2, 0.25) is 0 Å². The van der Waals surface area contributed by atoms with Crippen LogP contribution in [0, 0.1) is 6.92 Å². The lowest BCUT2D eigenvalue weighted by Crippen LogP contribution is -2.16. The van der Waals surface area contributed by atoms with Gasteiger partial charge in [0.15, 0.2) is 5.76 Å². The molecule has 1 aliphatic rings. The van der Waals surface area contributed by atoms with Gasteiger partial charge in [-0.05, 0) is 25.1 Å². The van der Waals surface area contributed by atoms with Gasteiger partial charge < -0.3 is 18.9 Å². The smallest absolute Gasteiger partial charge is 0.156 e. The first-order valence-electron chi connectivity index (χ1n) is 10.5. The van der Waals surface area contributed by atoms with Crippen LogP contribution in [0.15, 0.2) is 64.3 Å². The van der Waals surface area contributed by atoms with E-state index in [9.17, 15) is 0 Å². The maximum atomic E-state index is 5.52. The zero-order valence-corrected chi connectivity index (χ0v) is 18.6. The Morgan fingerprint density at radius 3 is 2.45 bits per heavy atom. The second-order valence-electron chi connectivity index (χ2n) is 7.67. The van der Waals surface area contributed by atoms with Crippen molar-refractivity contribution in [2.24, 2.45) is 4.99 Å². The van der Waals surface area contributed by atoms with Crippen LogP contribution in [0.5, 0.6) is 11.5 Å². The van der Waals surface area contributed by atoms with Gasteiger partial charge in [-0.3, -0.25) is 9.98 Å². The molecule has 1 aliphatic heterocycles. The number of hydrogen-bond acceptors (Lipinski definition) is 8. The van der Waals surface area contributed by atoms with E-state index in [1.165, 1.54) is 0 Å². The van der Waals surface area contributed by atoms with Gasteiger partial charge in [-0.1, -0.05) is 11.2 Å². The molecule has 0 N–H and O–H groups in total. The molecular weight excluding hydrogens is 418 g/mol. The quantitative estimate of drug-likeness (QED) is 0.409. The molecule has 3 heterocycles. The van der Waals surface area contributed by atoms with Gasteiger partial charge in [0.25, 0.3) is 0 Å². The first-order chi connectivity index (χ1) is 16.1. The number of rotatable bonds is 7. The van der Waals surface area contributed by atoms with Crippen LogP contribution in [0.4, 0.5) is 11.4 Å². The summed E-state index contributed by atoms with van der Waals surface area (Å²) in [5.41, 5.74) is 6.04. The zero-order valence-electron chi connectivity index (χ0n) is 18.6. The van der Waals surface area contributed by atoms with Crippen molar-refractivity contribution in [1.29, 1.82) is 0 Å². The Morgan fingerprint density at radius 2 is 1.79 bits per heavy atom. The molecule has 0 aliphatic carbocycles. The van der Waals surface area contributed by atoms with Gasteiger partial charge in [-0.25, -0.2) is 4.98 Å². The molecule has 2 aromatic heterocycles. The van der Waals surface area contributed by atoms with Gasteiger partial charge in [-0.2, -0.15) is 0 Å². The van der Waals surface area contributed by atoms with Crippen molar-refractivity contribution < 1.29 is 14.0 Å². The van der Waals surface area contributed by atoms with Crippen LogP contribution < -0.4 is 14.4 Å². The number of allylic oxidation sites excluding steroid dienone is 1. The van der Waals surface area contributed by atoms with E-state index >= 15 is 0 Å². The average molecular weight is 441 g/mol. The molecule has 0 atom stereocenters. The number of nitrogens with zero attached hydrogens (tertiary/aromatic N) is 5. The Kier molecular flexibility index (Phi) is 5.48. The second kappa shape index (κ2) is 8.74. The Balaban J connectivity index is 1.61. The van der Waals surface area contributed by atoms with Crippen molar-refractivity contribution in [3.05, 3.63) is 71.9 Å². The fourth-order valence-corrected chi connectivity index (χ4v) is 3.76. The Labute approximate surface area is 191 Å². The lowest BCUT2D eigenvalue weighted by atomic mass is 10.1. The SMILES string of the molecule is COc1cc(OC)cc(N(Cc2cc(C)no2)c2ccc3ncc(C4=CCN=C4)nc3c2)c1. The Bertz CT molecular complexity index is 1350. The van der Waals surface area contributed by atoms with E-state index < -0.39 is 0 Å². The number of ether oxygens (including phenoxy) is 2. The third-order valence-corrected chi connectivity index (χ3v) is 5.42. The maximum Gasteiger partial charge on any atom is 0.156 e. The molecule has 4 aromatic rings. The first kappa shape index (κ1) is 20.7. The minimum absolute atomic E-state index is 0.466. The number of anilines is 2. The van der Waals surface area contributed by atoms with Crippen LogP contribution in [0.1, 0.15) is 17.1 Å². The predicted octanol–water partition coefficient (Wildman–Crippen LogP) is 4.75. The van der Waals surface area contributed by atoms with E-state index in [-0.39, 0.29) is 0 Å². The third kappa shape index (κ3) is 4.27. The highest BCUT2D eigenvalue weighted by molar-refractivity contribution is 6.11. The topological polar surface area (TPSA) is 85.9 Å². The predicted molar refractivity (Wildman–Crippen MR) is 128 cm³/mol. The molecule has 166 valence electrons. The summed E-state index contributed by atoms with van der Waals surface area (Å²) in [7, 11) is 3.27. The van der Waals surface area contributed by atoms with E-state index in [4.69, 9.17) is 19.0 Å². The normalized spacial score (nSPS) is 12.8. The fraction of sp³-hybridized carbons (Fsp3) is 0.200. The van der Waals surface area contributed by atoms with Crippen LogP contribution in [0.3, 0.4) is 0 Å². The summed E-state index contributed by atoms with van der Waals surface area (Å²) in [6.45, 7) is 3.05. The summed E-state index contributed by atoms with van der Waals surface area (Å²) in [4.78, 5) is 15.8. The molecule has 0 spiro atoms. The second-order valence-corrected chi connectivity index (χ2v) is 7.67. The Hall–Kier alpha value is -4.20. The van der Waals surface area contributed by atoms with Crippen molar-refractivity contribution in [2.75, 3.05) is 25.7 Å². The van der Waals surface area contributed by atoms with E-state index in [1.807, 2.05) is 61.7 Å². The summed E-state index contributed by atoms with van der Waals surface area (Å²) in [5.74, 6) is 2.12. The van der Waals surface area contributed by atoms with Crippen molar-refractivity contribution in [2.45, 2.75) is 13.5 Å². The summed E-state index contributed by atoms with van der Waals surface area (Å²) in [6.07, 6.45) is 5.66. The van der Waals surface area contributed by atoms with E-state index in [0.717, 1.165) is 45.1 Å². The molecule has 0 unspecified atom stereocenters. The summed E-state index contributed by atoms with van der Waals surface area (Å²) < 4.78 is 16.5. The monoisotopic (exact) mass is 441 g/mol. The highest BCUT2D eigenvalue weighted by Gasteiger charge is 2.17. The van der Waals surface area contributed by atoms with E-state index in [2.05, 4.69) is 20.0 Å². The van der Waals surface area contributed by atoms with Crippen LogP contribution in [0.2, 0.25) is 0 Å². The summed E-state index contributed by atoms with van der Waals surface area (Å²) in [6, 6.07) is 13.7. The zero-order chi connectivity index (χ0) is 22.8. The van der Waals surface area contributed by atoms with Gasteiger partial charge in [-0.15, -0.1) is 0 Å². The van der Waals surface area contributed by atoms with Crippen molar-refractivity contribution in [3.8, 4) is 11.5 Å². The first-order valence-corrected chi connectivity index (χ1v) is 10.5. The van der Waals surface area contributed by atoms with E-state index in [0.29, 0.717) is 24.6 Å². The van der Waals surface area contributed by atoms with Crippen LogP contribution in [-0.4, -0.2) is 42.1 Å². The van der Waals surface area contributed by atoms with Crippen molar-refractivity contribution in [3.63, 3.8) is 0 Å². The number of methoxy groups -OCH3 is 2. The summed E-state index contributed by atoms with van der Waals surface area (Å²) >= 11 is 0. The molecule has 0 radical (unpaired) electrons. The molecule has 0 saturated carbocycles. The minimum atomic E-state index is 0.466. The van der Waals surface area contributed by atoms with Crippen LogP contribution in [-0.2, 0) is 6.54 Å². The van der Waals surface area contributed by atoms with Crippen LogP contribution in [0.25, 0.3) is 16.6 Å². The number of benzene rings is 2. The van der Waals surface area contributed by atoms with Gasteiger partial charge >= 0.3 is 0 Å². The van der Waals surface area contributed by atoms with E-state index in [1.54, 1.807) is 20.4 Å². The molecule has 8 heteroatoms. The molecule has 8 nitrogen and oxygen atoms in total. The Morgan fingerprint density at radius 1 is 0.970 bits per heavy atom. The standard InChI is InChI=1S/C25H23N5O3/c1-16-8-22(33-29-16)15-30(19-9-20(31-2)12-21(10-19)32-3)18-4-5-23-24(11-18)28-25(14-27-23)17-6-7-26-13-17/h4-6,8-14H,7,15H2,1-3H3. The molecule has 33 heavy (non-hydrogen) atoms. The highest BCUT2D eigenvalue weighted by Crippen LogP contribution is 2.35. The third-order valence-electron chi connectivity index (χ3n) is 5.42. The molecule has 0 saturated heterocycles.